The van der Waals surface area contributed by atoms with Crippen LogP contribution in [0.1, 0.15) is 21.5 Å². The number of hydrogen-bond donors (Lipinski definition) is 1. The number of carbonyl (C=O) groups excluding carboxylic acids is 2. The van der Waals surface area contributed by atoms with E-state index in [4.69, 9.17) is 4.74 Å². The van der Waals surface area contributed by atoms with Crippen LogP contribution in [0.15, 0.2) is 54.9 Å². The van der Waals surface area contributed by atoms with Crippen molar-refractivity contribution in [1.82, 2.24) is 19.4 Å². The number of H-pyrrole nitrogens is 1. The van der Waals surface area contributed by atoms with E-state index in [1.165, 1.54) is 0 Å². The lowest BCUT2D eigenvalue weighted by Gasteiger charge is -2.36. The third-order valence-corrected chi connectivity index (χ3v) is 6.75. The highest BCUT2D eigenvalue weighted by Crippen LogP contribution is 2.26. The Hall–Kier alpha value is -3.58. The smallest absolute Gasteiger partial charge is 0.253 e. The Morgan fingerprint density at radius 2 is 1.94 bits per heavy atom. The molecule has 34 heavy (non-hydrogen) atoms. The van der Waals surface area contributed by atoms with Crippen LogP contribution in [0.2, 0.25) is 0 Å². The summed E-state index contributed by atoms with van der Waals surface area (Å²) in [6, 6.07) is 13.8. The molecule has 1 fully saturated rings. The number of carbonyl (C=O) groups is 2. The van der Waals surface area contributed by atoms with E-state index in [9.17, 15) is 9.59 Å². The van der Waals surface area contributed by atoms with Crippen molar-refractivity contribution < 1.29 is 14.3 Å². The van der Waals surface area contributed by atoms with Crippen molar-refractivity contribution in [1.29, 1.82) is 0 Å². The SMILES string of the molecule is CN(C)C(=O)c1ccc2c(c1)c(C[C@H]1COCCN1C(=O)Cc1c[nH]c3ccccc13)cn2C. The van der Waals surface area contributed by atoms with Crippen LogP contribution in [0.4, 0.5) is 0 Å². The molecule has 0 radical (unpaired) electrons. The van der Waals surface area contributed by atoms with Crippen molar-refractivity contribution in [3.63, 3.8) is 0 Å². The highest BCUT2D eigenvalue weighted by Gasteiger charge is 2.29. The van der Waals surface area contributed by atoms with Crippen molar-refractivity contribution in [3.8, 4) is 0 Å². The Labute approximate surface area is 198 Å². The molecule has 2 amide bonds. The van der Waals surface area contributed by atoms with E-state index < -0.39 is 0 Å². The van der Waals surface area contributed by atoms with Gasteiger partial charge in [0, 0.05) is 67.5 Å². The van der Waals surface area contributed by atoms with Crippen LogP contribution in [0.3, 0.4) is 0 Å². The molecular formula is C27H30N4O3. The number of aromatic amines is 1. The molecule has 1 atom stereocenters. The number of aryl methyl sites for hydroxylation is 1. The van der Waals surface area contributed by atoms with Gasteiger partial charge in [-0.1, -0.05) is 18.2 Å². The van der Waals surface area contributed by atoms with Crippen LogP contribution in [-0.4, -0.2) is 71.1 Å². The predicted octanol–water partition coefficient (Wildman–Crippen LogP) is 3.37. The number of para-hydroxylation sites is 1. The Morgan fingerprint density at radius 1 is 1.12 bits per heavy atom. The number of morpholine rings is 1. The number of nitrogens with one attached hydrogen (secondary N) is 1. The maximum atomic E-state index is 13.4. The second-order valence-corrected chi connectivity index (χ2v) is 9.25. The van der Waals surface area contributed by atoms with Gasteiger partial charge in [-0.25, -0.2) is 0 Å². The van der Waals surface area contributed by atoms with Gasteiger partial charge in [-0.2, -0.15) is 0 Å². The normalized spacial score (nSPS) is 16.3. The van der Waals surface area contributed by atoms with Gasteiger partial charge in [0.1, 0.15) is 0 Å². The molecule has 2 aromatic heterocycles. The van der Waals surface area contributed by atoms with Gasteiger partial charge in [-0.15, -0.1) is 0 Å². The lowest BCUT2D eigenvalue weighted by atomic mass is 10.0. The number of benzene rings is 2. The van der Waals surface area contributed by atoms with Crippen LogP contribution >= 0.6 is 0 Å². The fourth-order valence-corrected chi connectivity index (χ4v) is 4.98. The van der Waals surface area contributed by atoms with E-state index in [0.717, 1.165) is 32.9 Å². The zero-order chi connectivity index (χ0) is 23.8. The Morgan fingerprint density at radius 3 is 2.76 bits per heavy atom. The van der Waals surface area contributed by atoms with Gasteiger partial charge in [0.2, 0.25) is 5.91 Å². The van der Waals surface area contributed by atoms with Crippen molar-refractivity contribution >= 4 is 33.6 Å². The molecule has 1 N–H and O–H groups in total. The third kappa shape index (κ3) is 4.07. The maximum Gasteiger partial charge on any atom is 0.253 e. The quantitative estimate of drug-likeness (QED) is 0.499. The lowest BCUT2D eigenvalue weighted by Crippen LogP contribution is -2.50. The van der Waals surface area contributed by atoms with E-state index >= 15 is 0 Å². The van der Waals surface area contributed by atoms with E-state index in [-0.39, 0.29) is 17.9 Å². The van der Waals surface area contributed by atoms with Crippen LogP contribution in [-0.2, 0) is 29.4 Å². The third-order valence-electron chi connectivity index (χ3n) is 6.75. The molecule has 0 spiro atoms. The first-order valence-electron chi connectivity index (χ1n) is 11.6. The molecular weight excluding hydrogens is 428 g/mol. The summed E-state index contributed by atoms with van der Waals surface area (Å²) in [5, 5.41) is 2.14. The topological polar surface area (TPSA) is 70.6 Å². The molecule has 4 aromatic rings. The summed E-state index contributed by atoms with van der Waals surface area (Å²) in [6.07, 6.45) is 5.08. The highest BCUT2D eigenvalue weighted by atomic mass is 16.5. The largest absolute Gasteiger partial charge is 0.377 e. The molecule has 1 saturated heterocycles. The van der Waals surface area contributed by atoms with E-state index in [1.54, 1.807) is 19.0 Å². The van der Waals surface area contributed by atoms with Gasteiger partial charge < -0.3 is 24.1 Å². The molecule has 0 saturated carbocycles. The van der Waals surface area contributed by atoms with Crippen LogP contribution in [0, 0.1) is 0 Å². The number of ether oxygens (including phenoxy) is 1. The van der Waals surface area contributed by atoms with Gasteiger partial charge in [0.15, 0.2) is 0 Å². The summed E-state index contributed by atoms with van der Waals surface area (Å²) in [5.74, 6) is 0.0926. The van der Waals surface area contributed by atoms with Crippen LogP contribution in [0.5, 0.6) is 0 Å². The predicted molar refractivity (Wildman–Crippen MR) is 133 cm³/mol. The lowest BCUT2D eigenvalue weighted by molar-refractivity contribution is -0.139. The maximum absolute atomic E-state index is 13.4. The summed E-state index contributed by atoms with van der Waals surface area (Å²) in [7, 11) is 5.53. The standard InChI is InChI=1S/C27H30N4O3/c1-29(2)27(33)18-8-9-25-23(13-18)20(16-30(25)3)12-21-17-34-11-10-31(21)26(32)14-19-15-28-24-7-5-4-6-22(19)24/h4-9,13,15-16,21,28H,10-12,14,17H2,1-3H3/t21-/m0/s1. The fourth-order valence-electron chi connectivity index (χ4n) is 4.98. The van der Waals surface area contributed by atoms with Gasteiger partial charge in [-0.05, 0) is 41.8 Å². The molecule has 1 aliphatic rings. The van der Waals surface area contributed by atoms with E-state index in [0.29, 0.717) is 38.2 Å². The first kappa shape index (κ1) is 22.2. The van der Waals surface area contributed by atoms with Crippen LogP contribution < -0.4 is 0 Å². The van der Waals surface area contributed by atoms with Crippen molar-refractivity contribution in [2.24, 2.45) is 7.05 Å². The number of nitrogens with zero attached hydrogens (tertiary/aromatic N) is 3. The van der Waals surface area contributed by atoms with Crippen molar-refractivity contribution in [2.75, 3.05) is 33.9 Å². The number of hydrogen-bond acceptors (Lipinski definition) is 3. The minimum absolute atomic E-state index is 0.0202. The first-order valence-corrected chi connectivity index (χ1v) is 11.6. The van der Waals surface area contributed by atoms with Crippen LogP contribution in [0.25, 0.3) is 21.8 Å². The minimum Gasteiger partial charge on any atom is -0.377 e. The van der Waals surface area contributed by atoms with Gasteiger partial charge in [0.05, 0.1) is 25.7 Å². The van der Waals surface area contributed by atoms with Gasteiger partial charge in [-0.3, -0.25) is 9.59 Å². The van der Waals surface area contributed by atoms with E-state index in [2.05, 4.69) is 15.7 Å². The average molecular weight is 459 g/mol. The molecule has 2 aromatic carbocycles. The molecule has 7 heteroatoms. The second kappa shape index (κ2) is 8.99. The summed E-state index contributed by atoms with van der Waals surface area (Å²) >= 11 is 0. The summed E-state index contributed by atoms with van der Waals surface area (Å²) in [6.45, 7) is 1.64. The molecule has 176 valence electrons. The van der Waals surface area contributed by atoms with Gasteiger partial charge >= 0.3 is 0 Å². The van der Waals surface area contributed by atoms with Crippen molar-refractivity contribution in [3.05, 3.63) is 71.5 Å². The number of rotatable bonds is 5. The minimum atomic E-state index is -0.0507. The Kier molecular flexibility index (Phi) is 5.87. The summed E-state index contributed by atoms with van der Waals surface area (Å²) < 4.78 is 7.86. The Bertz CT molecular complexity index is 1370. The molecule has 0 aliphatic carbocycles. The zero-order valence-corrected chi connectivity index (χ0v) is 19.9. The molecule has 5 rings (SSSR count). The molecule has 0 bridgehead atoms. The fraction of sp³-hybridized carbons (Fsp3) is 0.333. The zero-order valence-electron chi connectivity index (χ0n) is 19.9. The molecule has 3 heterocycles. The number of fused-ring (bicyclic) bond motifs is 2. The number of amides is 2. The highest BCUT2D eigenvalue weighted by molar-refractivity contribution is 5.98. The second-order valence-electron chi connectivity index (χ2n) is 9.25. The summed E-state index contributed by atoms with van der Waals surface area (Å²) in [4.78, 5) is 32.7. The molecule has 7 nitrogen and oxygen atoms in total. The Balaban J connectivity index is 1.40. The number of aromatic nitrogens is 2. The van der Waals surface area contributed by atoms with E-state index in [1.807, 2.05) is 60.6 Å². The monoisotopic (exact) mass is 458 g/mol. The average Bonchev–Trinajstić information content (AvgIpc) is 3.39. The van der Waals surface area contributed by atoms with Gasteiger partial charge in [0.25, 0.3) is 5.91 Å². The molecule has 0 unspecified atom stereocenters. The van der Waals surface area contributed by atoms with Crippen molar-refractivity contribution in [2.45, 2.75) is 18.9 Å². The summed E-state index contributed by atoms with van der Waals surface area (Å²) in [5.41, 5.74) is 4.91. The first-order chi connectivity index (χ1) is 16.4. The molecule has 1 aliphatic heterocycles.